The van der Waals surface area contributed by atoms with E-state index in [0.717, 1.165) is 32.1 Å². The first-order valence-corrected chi connectivity index (χ1v) is 46.5. The molecule has 0 aliphatic carbocycles. The fraction of sp³-hybridized carbons (Fsp3) is 0.933. The number of phosphoric ester groups is 1. The minimum absolute atomic E-state index is 0.0259. The number of carbonyl (C=O) groups excluding carboxylic acids is 2. The smallest absolute Gasteiger partial charge is 0.306 e. The third kappa shape index (κ3) is 85.4. The van der Waals surface area contributed by atoms with Gasteiger partial charge < -0.3 is 27.9 Å². The van der Waals surface area contributed by atoms with Crippen LogP contribution in [-0.2, 0) is 32.7 Å². The van der Waals surface area contributed by atoms with Crippen molar-refractivity contribution in [3.05, 3.63) is 24.3 Å². The summed E-state index contributed by atoms with van der Waals surface area (Å²) in [6, 6.07) is 0. The Bertz CT molecular complexity index is 1730. The zero-order chi connectivity index (χ0) is 72.5. The second-order valence-electron chi connectivity index (χ2n) is 32.3. The minimum atomic E-state index is -4.64. The van der Waals surface area contributed by atoms with Crippen molar-refractivity contribution >= 4 is 19.8 Å². The number of nitrogens with zero attached hydrogens (tertiary/aromatic N) is 1. The Kier molecular flexibility index (Phi) is 80.3. The van der Waals surface area contributed by atoms with Gasteiger partial charge in [0.25, 0.3) is 7.82 Å². The first kappa shape index (κ1) is 98.5. The maximum Gasteiger partial charge on any atom is 0.306 e. The van der Waals surface area contributed by atoms with Crippen molar-refractivity contribution in [2.24, 2.45) is 0 Å². The van der Waals surface area contributed by atoms with Gasteiger partial charge in [0.05, 0.1) is 27.7 Å². The normalized spacial score (nSPS) is 13.0. The molecule has 0 radical (unpaired) electrons. The van der Waals surface area contributed by atoms with E-state index in [2.05, 4.69) is 38.2 Å². The Morgan fingerprint density at radius 1 is 0.300 bits per heavy atom. The van der Waals surface area contributed by atoms with E-state index in [4.69, 9.17) is 18.5 Å². The third-order valence-corrected chi connectivity index (χ3v) is 21.9. The van der Waals surface area contributed by atoms with Gasteiger partial charge >= 0.3 is 11.9 Å². The third-order valence-electron chi connectivity index (χ3n) is 20.9. The van der Waals surface area contributed by atoms with Crippen LogP contribution in [0.15, 0.2) is 24.3 Å². The molecule has 0 spiro atoms. The summed E-state index contributed by atoms with van der Waals surface area (Å²) >= 11 is 0. The van der Waals surface area contributed by atoms with Gasteiger partial charge in [-0.25, -0.2) is 0 Å². The van der Waals surface area contributed by atoms with Crippen LogP contribution in [0.5, 0.6) is 0 Å². The second-order valence-corrected chi connectivity index (χ2v) is 33.7. The lowest BCUT2D eigenvalue weighted by Gasteiger charge is -2.28. The number of allylic oxidation sites excluding steroid dienone is 4. The molecule has 100 heavy (non-hydrogen) atoms. The molecule has 9 nitrogen and oxygen atoms in total. The largest absolute Gasteiger partial charge is 0.756 e. The highest BCUT2D eigenvalue weighted by Crippen LogP contribution is 2.38. The molecule has 0 heterocycles. The summed E-state index contributed by atoms with van der Waals surface area (Å²) in [5.41, 5.74) is 0. The lowest BCUT2D eigenvalue weighted by molar-refractivity contribution is -0.870. The van der Waals surface area contributed by atoms with Gasteiger partial charge in [0.2, 0.25) is 0 Å². The summed E-state index contributed by atoms with van der Waals surface area (Å²) in [5, 5.41) is 0. The first-order valence-electron chi connectivity index (χ1n) is 45.0. The minimum Gasteiger partial charge on any atom is -0.756 e. The van der Waals surface area contributed by atoms with Crippen molar-refractivity contribution in [3.63, 3.8) is 0 Å². The highest BCUT2D eigenvalue weighted by molar-refractivity contribution is 7.45. The molecule has 0 aliphatic heterocycles. The van der Waals surface area contributed by atoms with Gasteiger partial charge in [0.15, 0.2) is 6.10 Å². The predicted octanol–water partition coefficient (Wildman–Crippen LogP) is 29.7. The summed E-state index contributed by atoms with van der Waals surface area (Å²) in [6.07, 6.45) is 106. The van der Waals surface area contributed by atoms with Gasteiger partial charge in [0.1, 0.15) is 19.8 Å². The number of rotatable bonds is 86. The van der Waals surface area contributed by atoms with E-state index in [9.17, 15) is 19.0 Å². The number of quaternary nitrogens is 1. The lowest BCUT2D eigenvalue weighted by atomic mass is 10.0. The van der Waals surface area contributed by atoms with Gasteiger partial charge in [-0.15, -0.1) is 0 Å². The van der Waals surface area contributed by atoms with Crippen LogP contribution in [-0.4, -0.2) is 70.0 Å². The number of esters is 2. The van der Waals surface area contributed by atoms with Crippen molar-refractivity contribution in [1.82, 2.24) is 0 Å². The van der Waals surface area contributed by atoms with Gasteiger partial charge in [-0.3, -0.25) is 14.2 Å². The fourth-order valence-electron chi connectivity index (χ4n) is 14.1. The zero-order valence-corrected chi connectivity index (χ0v) is 69.1. The topological polar surface area (TPSA) is 111 Å². The Labute approximate surface area is 625 Å². The van der Waals surface area contributed by atoms with E-state index < -0.39 is 26.5 Å². The van der Waals surface area contributed by atoms with E-state index >= 15 is 0 Å². The molecule has 10 heteroatoms. The molecule has 0 rings (SSSR count). The monoisotopic (exact) mass is 1430 g/mol. The molecule has 0 aliphatic rings. The van der Waals surface area contributed by atoms with E-state index in [1.807, 2.05) is 21.1 Å². The number of likely N-dealkylation sites (N-methyl/N-ethyl adjacent to an activating group) is 1. The van der Waals surface area contributed by atoms with Crippen LogP contribution in [0.4, 0.5) is 0 Å². The van der Waals surface area contributed by atoms with E-state index in [0.29, 0.717) is 17.4 Å². The number of hydrogen-bond acceptors (Lipinski definition) is 8. The van der Waals surface area contributed by atoms with Crippen LogP contribution in [0.2, 0.25) is 0 Å². The highest BCUT2D eigenvalue weighted by Gasteiger charge is 2.22. The summed E-state index contributed by atoms with van der Waals surface area (Å²) in [4.78, 5) is 38.3. The van der Waals surface area contributed by atoms with E-state index in [1.165, 1.54) is 424 Å². The average Bonchev–Trinajstić information content (AvgIpc) is 1.07. The molecule has 0 saturated carbocycles. The molecule has 0 aromatic rings. The first-order chi connectivity index (χ1) is 49.0. The fourth-order valence-corrected chi connectivity index (χ4v) is 14.8. The molecule has 2 unspecified atom stereocenters. The van der Waals surface area contributed by atoms with Crippen LogP contribution in [0.25, 0.3) is 0 Å². The van der Waals surface area contributed by atoms with Gasteiger partial charge in [0, 0.05) is 12.8 Å². The summed E-state index contributed by atoms with van der Waals surface area (Å²) < 4.78 is 34.5. The molecular formula is C90H176NO8P. The van der Waals surface area contributed by atoms with Crippen LogP contribution in [0, 0.1) is 0 Å². The standard InChI is InChI=1S/C90H176NO8P/c1-6-8-10-12-14-16-18-20-22-24-26-28-30-32-34-36-38-40-42-44-45-47-49-51-53-55-57-59-61-63-65-67-69-71-73-75-77-79-81-83-90(93)99-88(87-98-100(94,95)97-85-84-91(3,4)5)86-96-89(92)82-80-78-76-74-72-70-68-66-64-62-60-58-56-54-52-50-48-46-43-41-39-37-35-33-31-29-27-25-23-21-19-17-15-13-11-9-7-2/h24-27,88H,6-23,28-87H2,1-5H3/b26-24-,27-25-. The van der Waals surface area contributed by atoms with Gasteiger partial charge in [-0.05, 0) is 64.2 Å². The van der Waals surface area contributed by atoms with Crippen LogP contribution in [0.3, 0.4) is 0 Å². The van der Waals surface area contributed by atoms with E-state index in [-0.39, 0.29) is 32.0 Å². The Hall–Kier alpha value is -1.51. The van der Waals surface area contributed by atoms with Crippen molar-refractivity contribution in [3.8, 4) is 0 Å². The number of ether oxygens (including phenoxy) is 2. The number of unbranched alkanes of at least 4 members (excludes halogenated alkanes) is 68. The predicted molar refractivity (Wildman–Crippen MR) is 435 cm³/mol. The molecule has 594 valence electrons. The molecule has 2 atom stereocenters. The van der Waals surface area contributed by atoms with Crippen LogP contribution in [0.1, 0.15) is 489 Å². The van der Waals surface area contributed by atoms with Crippen molar-refractivity contribution < 1.29 is 42.1 Å². The number of hydrogen-bond donors (Lipinski definition) is 0. The molecule has 0 N–H and O–H groups in total. The summed E-state index contributed by atoms with van der Waals surface area (Å²) in [6.45, 7) is 4.34. The van der Waals surface area contributed by atoms with Crippen molar-refractivity contribution in [1.29, 1.82) is 0 Å². The number of phosphoric acid groups is 1. The van der Waals surface area contributed by atoms with Crippen LogP contribution < -0.4 is 4.89 Å². The summed E-state index contributed by atoms with van der Waals surface area (Å²) in [7, 11) is 1.20. The van der Waals surface area contributed by atoms with Gasteiger partial charge in [-0.2, -0.15) is 0 Å². The molecule has 0 bridgehead atoms. The molecule has 0 saturated heterocycles. The second kappa shape index (κ2) is 81.6. The molecule has 0 amide bonds. The molecule has 0 aromatic heterocycles. The SMILES string of the molecule is CCCCCCCCCC/C=C\CCCCCCCCCCCCCCCCCCCCCCCCCCCCCC(=O)OC(COC(=O)CCCCCCCCCCCCCCCCCCCCCCCCCCC/C=C\CCCCCCCCCC)COP(=O)([O-])OCC[N+](C)(C)C. The van der Waals surface area contributed by atoms with Crippen LogP contribution >= 0.6 is 7.82 Å². The number of carbonyl (C=O) groups is 2. The Morgan fingerprint density at radius 2 is 0.510 bits per heavy atom. The summed E-state index contributed by atoms with van der Waals surface area (Å²) in [5.74, 6) is -0.801. The Morgan fingerprint density at radius 3 is 0.740 bits per heavy atom. The van der Waals surface area contributed by atoms with Crippen molar-refractivity contribution in [2.75, 3.05) is 47.5 Å². The molecular weight excluding hydrogens is 1250 g/mol. The highest BCUT2D eigenvalue weighted by atomic mass is 31.2. The maximum absolute atomic E-state index is 12.9. The molecule has 0 fully saturated rings. The van der Waals surface area contributed by atoms with E-state index in [1.54, 1.807) is 0 Å². The van der Waals surface area contributed by atoms with Gasteiger partial charge in [-0.1, -0.05) is 436 Å². The Balaban J connectivity index is 3.83. The quantitative estimate of drug-likeness (QED) is 0.0195. The average molecular weight is 1430 g/mol. The van der Waals surface area contributed by atoms with Crippen molar-refractivity contribution in [2.45, 2.75) is 495 Å². The zero-order valence-electron chi connectivity index (χ0n) is 68.2. The molecule has 0 aromatic carbocycles. The lowest BCUT2D eigenvalue weighted by Crippen LogP contribution is -2.37. The maximum atomic E-state index is 12.9.